The van der Waals surface area contributed by atoms with E-state index in [2.05, 4.69) is 6.92 Å². The van der Waals surface area contributed by atoms with Crippen LogP contribution in [0.4, 0.5) is 4.39 Å². The van der Waals surface area contributed by atoms with Crippen LogP contribution in [0.3, 0.4) is 0 Å². The molecule has 2 aliphatic rings. The van der Waals surface area contributed by atoms with Gasteiger partial charge in [-0.25, -0.2) is 4.39 Å². The summed E-state index contributed by atoms with van der Waals surface area (Å²) in [7, 11) is 0. The van der Waals surface area contributed by atoms with Crippen molar-refractivity contribution >= 4 is 0 Å². The van der Waals surface area contributed by atoms with Crippen molar-refractivity contribution in [2.75, 3.05) is 0 Å². The number of hydrogen-bond acceptors (Lipinski definition) is 1. The lowest BCUT2D eigenvalue weighted by molar-refractivity contribution is 0.186. The van der Waals surface area contributed by atoms with Gasteiger partial charge in [-0.05, 0) is 67.1 Å². The molecule has 2 heteroatoms. The smallest absolute Gasteiger partial charge is 0.144 e. The second-order valence-corrected chi connectivity index (χ2v) is 6.87. The number of fused-ring (bicyclic) bond motifs is 1. The summed E-state index contributed by atoms with van der Waals surface area (Å²) < 4.78 is 14.2. The fourth-order valence-corrected chi connectivity index (χ4v) is 4.39. The van der Waals surface area contributed by atoms with Crippen LogP contribution in [-0.4, -0.2) is 0 Å². The molecule has 0 bridgehead atoms. The van der Waals surface area contributed by atoms with Crippen molar-refractivity contribution in [3.05, 3.63) is 34.6 Å². The van der Waals surface area contributed by atoms with E-state index < -0.39 is 0 Å². The molecule has 1 aromatic rings. The second kappa shape index (κ2) is 6.18. The van der Waals surface area contributed by atoms with E-state index in [1.165, 1.54) is 32.1 Å². The quantitative estimate of drug-likeness (QED) is 0.748. The highest BCUT2D eigenvalue weighted by atomic mass is 19.1. The largest absolute Gasteiger partial charge is 0.205 e. The molecule has 1 fully saturated rings. The zero-order valence-electron chi connectivity index (χ0n) is 12.9. The third-order valence-electron chi connectivity index (χ3n) is 5.84. The monoisotopic (exact) mass is 285 g/mol. The molecule has 0 heterocycles. The van der Waals surface area contributed by atoms with Gasteiger partial charge in [0.25, 0.3) is 0 Å². The van der Waals surface area contributed by atoms with Gasteiger partial charge in [0.1, 0.15) is 11.9 Å². The molecule has 1 atom stereocenters. The summed E-state index contributed by atoms with van der Waals surface area (Å²) in [4.78, 5) is 0. The molecular weight excluding hydrogens is 261 g/mol. The SMILES string of the molecule is CCC1CCC(C2CCc3c(ccc(C#N)c3F)C2)CC1. The Morgan fingerprint density at radius 1 is 1.14 bits per heavy atom. The number of nitrogens with zero attached hydrogens (tertiary/aromatic N) is 1. The molecule has 0 aromatic heterocycles. The molecule has 0 radical (unpaired) electrons. The molecule has 1 unspecified atom stereocenters. The lowest BCUT2D eigenvalue weighted by Crippen LogP contribution is -2.27. The van der Waals surface area contributed by atoms with E-state index in [0.717, 1.165) is 48.1 Å². The Kier molecular flexibility index (Phi) is 4.29. The summed E-state index contributed by atoms with van der Waals surface area (Å²) in [6.45, 7) is 2.30. The van der Waals surface area contributed by atoms with Gasteiger partial charge < -0.3 is 0 Å². The second-order valence-electron chi connectivity index (χ2n) is 6.87. The van der Waals surface area contributed by atoms with Gasteiger partial charge in [-0.3, -0.25) is 0 Å². The van der Waals surface area contributed by atoms with Crippen molar-refractivity contribution in [1.82, 2.24) is 0 Å². The predicted molar refractivity (Wildman–Crippen MR) is 82.4 cm³/mol. The van der Waals surface area contributed by atoms with Crippen LogP contribution < -0.4 is 0 Å². The molecule has 0 spiro atoms. The molecule has 0 aliphatic heterocycles. The number of nitriles is 1. The summed E-state index contributed by atoms with van der Waals surface area (Å²) in [5.74, 6) is 2.23. The van der Waals surface area contributed by atoms with Gasteiger partial charge in [0.2, 0.25) is 0 Å². The Labute approximate surface area is 127 Å². The summed E-state index contributed by atoms with van der Waals surface area (Å²) in [6, 6.07) is 5.60. The first-order valence-electron chi connectivity index (χ1n) is 8.43. The van der Waals surface area contributed by atoms with E-state index in [4.69, 9.17) is 5.26 Å². The minimum atomic E-state index is -0.261. The predicted octanol–water partition coefficient (Wildman–Crippen LogP) is 5.02. The van der Waals surface area contributed by atoms with Crippen molar-refractivity contribution in [2.24, 2.45) is 17.8 Å². The van der Waals surface area contributed by atoms with Crippen LogP contribution in [0.1, 0.15) is 62.1 Å². The van der Waals surface area contributed by atoms with Crippen LogP contribution in [0, 0.1) is 34.9 Å². The Balaban J connectivity index is 1.71. The summed E-state index contributed by atoms with van der Waals surface area (Å²) in [6.07, 6.45) is 9.73. The highest BCUT2D eigenvalue weighted by molar-refractivity contribution is 5.41. The molecule has 21 heavy (non-hydrogen) atoms. The maximum atomic E-state index is 14.2. The topological polar surface area (TPSA) is 23.8 Å². The number of hydrogen-bond donors (Lipinski definition) is 0. The maximum Gasteiger partial charge on any atom is 0.144 e. The highest BCUT2D eigenvalue weighted by Gasteiger charge is 2.30. The molecule has 1 aromatic carbocycles. The summed E-state index contributed by atoms with van der Waals surface area (Å²) in [5, 5.41) is 8.93. The lowest BCUT2D eigenvalue weighted by Gasteiger charge is -2.36. The van der Waals surface area contributed by atoms with Crippen LogP contribution in [-0.2, 0) is 12.8 Å². The van der Waals surface area contributed by atoms with E-state index in [1.807, 2.05) is 12.1 Å². The number of halogens is 1. The third-order valence-corrected chi connectivity index (χ3v) is 5.84. The molecule has 3 rings (SSSR count). The van der Waals surface area contributed by atoms with Gasteiger partial charge in [0, 0.05) is 0 Å². The van der Waals surface area contributed by atoms with Crippen molar-refractivity contribution < 1.29 is 4.39 Å². The third kappa shape index (κ3) is 2.84. The van der Waals surface area contributed by atoms with Gasteiger partial charge >= 0.3 is 0 Å². The summed E-state index contributed by atoms with van der Waals surface area (Å²) >= 11 is 0. The zero-order chi connectivity index (χ0) is 14.8. The first kappa shape index (κ1) is 14.6. The van der Waals surface area contributed by atoms with Gasteiger partial charge in [-0.1, -0.05) is 32.3 Å². The fourth-order valence-electron chi connectivity index (χ4n) is 4.39. The molecule has 0 saturated heterocycles. The van der Waals surface area contributed by atoms with E-state index >= 15 is 0 Å². The first-order valence-corrected chi connectivity index (χ1v) is 8.43. The van der Waals surface area contributed by atoms with Crippen LogP contribution in [0.25, 0.3) is 0 Å². The fraction of sp³-hybridized carbons (Fsp3) is 0.632. The Hall–Kier alpha value is -1.36. The van der Waals surface area contributed by atoms with Crippen LogP contribution >= 0.6 is 0 Å². The van der Waals surface area contributed by atoms with Crippen molar-refractivity contribution in [3.8, 4) is 6.07 Å². The van der Waals surface area contributed by atoms with Crippen molar-refractivity contribution in [3.63, 3.8) is 0 Å². The molecular formula is C19H24FN. The minimum Gasteiger partial charge on any atom is -0.205 e. The average molecular weight is 285 g/mol. The van der Waals surface area contributed by atoms with E-state index in [9.17, 15) is 4.39 Å². The van der Waals surface area contributed by atoms with Gasteiger partial charge in [0.15, 0.2) is 0 Å². The normalized spacial score (nSPS) is 28.7. The average Bonchev–Trinajstić information content (AvgIpc) is 2.55. The molecule has 112 valence electrons. The molecule has 2 aliphatic carbocycles. The minimum absolute atomic E-state index is 0.204. The maximum absolute atomic E-state index is 14.2. The zero-order valence-corrected chi connectivity index (χ0v) is 12.9. The van der Waals surface area contributed by atoms with E-state index in [-0.39, 0.29) is 11.4 Å². The Bertz CT molecular complexity index is 549. The van der Waals surface area contributed by atoms with Gasteiger partial charge in [-0.15, -0.1) is 0 Å². The van der Waals surface area contributed by atoms with Gasteiger partial charge in [-0.2, -0.15) is 5.26 Å². The molecule has 0 amide bonds. The lowest BCUT2D eigenvalue weighted by atomic mass is 9.69. The van der Waals surface area contributed by atoms with Crippen molar-refractivity contribution in [2.45, 2.75) is 58.3 Å². The standard InChI is InChI=1S/C19H24FN/c1-2-13-3-5-14(6-4-13)15-9-10-18-16(11-15)7-8-17(12-21)19(18)20/h7-8,13-15H,2-6,9-11H2,1H3. The Morgan fingerprint density at radius 2 is 1.90 bits per heavy atom. The number of benzene rings is 1. The van der Waals surface area contributed by atoms with Crippen LogP contribution in [0.5, 0.6) is 0 Å². The van der Waals surface area contributed by atoms with Gasteiger partial charge in [0.05, 0.1) is 5.56 Å². The van der Waals surface area contributed by atoms with E-state index in [0.29, 0.717) is 0 Å². The summed E-state index contributed by atoms with van der Waals surface area (Å²) in [5.41, 5.74) is 2.17. The van der Waals surface area contributed by atoms with Crippen molar-refractivity contribution in [1.29, 1.82) is 5.26 Å². The first-order chi connectivity index (χ1) is 10.2. The molecule has 1 saturated carbocycles. The number of rotatable bonds is 2. The van der Waals surface area contributed by atoms with Crippen LogP contribution in [0.15, 0.2) is 12.1 Å². The van der Waals surface area contributed by atoms with E-state index in [1.54, 1.807) is 6.07 Å². The van der Waals surface area contributed by atoms with Crippen LogP contribution in [0.2, 0.25) is 0 Å². The Morgan fingerprint density at radius 3 is 2.57 bits per heavy atom. The molecule has 1 nitrogen and oxygen atoms in total. The molecule has 0 N–H and O–H groups in total. The highest BCUT2D eigenvalue weighted by Crippen LogP contribution is 2.40.